The Morgan fingerprint density at radius 3 is 2.48 bits per heavy atom. The van der Waals surface area contributed by atoms with Crippen molar-refractivity contribution < 1.29 is 14.6 Å². The van der Waals surface area contributed by atoms with E-state index in [0.717, 1.165) is 11.1 Å². The van der Waals surface area contributed by atoms with E-state index in [4.69, 9.17) is 9.84 Å². The summed E-state index contributed by atoms with van der Waals surface area (Å²) in [5, 5.41) is 11.5. The molecule has 1 atom stereocenters. The first-order valence-electron chi connectivity index (χ1n) is 6.95. The molecule has 0 heterocycles. The SMILES string of the molecule is CC(NC(=O)COC(C)(C)C)c1ccc(C#CCO)cc1. The topological polar surface area (TPSA) is 58.6 Å². The van der Waals surface area contributed by atoms with Gasteiger partial charge in [0.1, 0.15) is 13.2 Å². The van der Waals surface area contributed by atoms with E-state index in [1.807, 2.05) is 52.0 Å². The minimum absolute atomic E-state index is 0.0495. The van der Waals surface area contributed by atoms with Gasteiger partial charge in [0.05, 0.1) is 11.6 Å². The van der Waals surface area contributed by atoms with E-state index < -0.39 is 0 Å². The van der Waals surface area contributed by atoms with Crippen LogP contribution in [0.2, 0.25) is 0 Å². The number of hydrogen-bond donors (Lipinski definition) is 2. The van der Waals surface area contributed by atoms with E-state index in [9.17, 15) is 4.79 Å². The van der Waals surface area contributed by atoms with E-state index in [0.29, 0.717) is 0 Å². The third-order valence-corrected chi connectivity index (χ3v) is 2.74. The largest absolute Gasteiger partial charge is 0.384 e. The van der Waals surface area contributed by atoms with Crippen LogP contribution in [0.4, 0.5) is 0 Å². The Balaban J connectivity index is 2.55. The Kier molecular flexibility index (Phi) is 6.41. The fourth-order valence-electron chi connectivity index (χ4n) is 1.65. The lowest BCUT2D eigenvalue weighted by molar-refractivity contribution is -0.131. The fraction of sp³-hybridized carbons (Fsp3) is 0.471. The third-order valence-electron chi connectivity index (χ3n) is 2.74. The number of aliphatic hydroxyl groups excluding tert-OH is 1. The van der Waals surface area contributed by atoms with Crippen LogP contribution in [-0.2, 0) is 9.53 Å². The van der Waals surface area contributed by atoms with Crippen molar-refractivity contribution in [2.24, 2.45) is 0 Å². The maximum absolute atomic E-state index is 11.8. The van der Waals surface area contributed by atoms with E-state index in [2.05, 4.69) is 17.2 Å². The Hall–Kier alpha value is -1.83. The molecule has 0 aliphatic heterocycles. The number of carbonyl (C=O) groups excluding carboxylic acids is 1. The van der Waals surface area contributed by atoms with Crippen molar-refractivity contribution in [2.45, 2.75) is 39.3 Å². The predicted octanol–water partition coefficient (Wildman–Crippen LogP) is 2.02. The van der Waals surface area contributed by atoms with Gasteiger partial charge >= 0.3 is 0 Å². The highest BCUT2D eigenvalue weighted by atomic mass is 16.5. The summed E-state index contributed by atoms with van der Waals surface area (Å²) >= 11 is 0. The van der Waals surface area contributed by atoms with Gasteiger partial charge in [0.2, 0.25) is 5.91 Å². The molecule has 0 saturated carbocycles. The lowest BCUT2D eigenvalue weighted by Crippen LogP contribution is -2.33. The minimum atomic E-state index is -0.326. The first-order chi connectivity index (χ1) is 9.81. The van der Waals surface area contributed by atoms with Gasteiger partial charge in [0, 0.05) is 5.56 Å². The van der Waals surface area contributed by atoms with Crippen LogP contribution in [0, 0.1) is 11.8 Å². The Morgan fingerprint density at radius 2 is 1.95 bits per heavy atom. The summed E-state index contributed by atoms with van der Waals surface area (Å²) in [7, 11) is 0. The molecule has 0 spiro atoms. The van der Waals surface area contributed by atoms with Crippen molar-refractivity contribution in [2.75, 3.05) is 13.2 Å². The average molecular weight is 289 g/mol. The van der Waals surface area contributed by atoms with Gasteiger partial charge in [-0.05, 0) is 45.4 Å². The summed E-state index contributed by atoms with van der Waals surface area (Å²) in [6, 6.07) is 7.47. The molecule has 1 amide bonds. The van der Waals surface area contributed by atoms with Gasteiger partial charge in [-0.1, -0.05) is 24.0 Å². The van der Waals surface area contributed by atoms with Crippen LogP contribution in [0.5, 0.6) is 0 Å². The molecule has 0 fully saturated rings. The smallest absolute Gasteiger partial charge is 0.246 e. The number of hydrogen-bond acceptors (Lipinski definition) is 3. The molecule has 4 heteroatoms. The molecule has 1 rings (SSSR count). The molecule has 0 aromatic heterocycles. The quantitative estimate of drug-likeness (QED) is 0.834. The van der Waals surface area contributed by atoms with E-state index in [1.54, 1.807) is 0 Å². The molecular weight excluding hydrogens is 266 g/mol. The van der Waals surface area contributed by atoms with Crippen LogP contribution in [0.3, 0.4) is 0 Å². The standard InChI is InChI=1S/C17H23NO3/c1-13(18-16(20)12-21-17(2,3)4)15-9-7-14(8-10-15)6-5-11-19/h7-10,13,19H,11-12H2,1-4H3,(H,18,20). The molecule has 0 aliphatic carbocycles. The number of nitrogens with one attached hydrogen (secondary N) is 1. The average Bonchev–Trinajstić information content (AvgIpc) is 2.42. The maximum Gasteiger partial charge on any atom is 0.246 e. The van der Waals surface area contributed by atoms with E-state index >= 15 is 0 Å². The van der Waals surface area contributed by atoms with Gasteiger partial charge in [-0.25, -0.2) is 0 Å². The second kappa shape index (κ2) is 7.82. The molecule has 2 N–H and O–H groups in total. The summed E-state index contributed by atoms with van der Waals surface area (Å²) in [6.45, 7) is 7.56. The molecule has 0 aliphatic rings. The number of rotatable bonds is 4. The first kappa shape index (κ1) is 17.2. The molecule has 114 valence electrons. The highest BCUT2D eigenvalue weighted by molar-refractivity contribution is 5.77. The lowest BCUT2D eigenvalue weighted by atomic mass is 10.1. The molecule has 1 aromatic rings. The molecule has 4 nitrogen and oxygen atoms in total. The van der Waals surface area contributed by atoms with Crippen molar-refractivity contribution in [3.8, 4) is 11.8 Å². The highest BCUT2D eigenvalue weighted by Gasteiger charge is 2.14. The number of ether oxygens (including phenoxy) is 1. The second-order valence-electron chi connectivity index (χ2n) is 5.77. The van der Waals surface area contributed by atoms with Gasteiger partial charge in [0.15, 0.2) is 0 Å². The van der Waals surface area contributed by atoms with Crippen LogP contribution in [0.1, 0.15) is 44.9 Å². The van der Waals surface area contributed by atoms with Crippen molar-refractivity contribution in [3.63, 3.8) is 0 Å². The molecule has 1 unspecified atom stereocenters. The molecule has 21 heavy (non-hydrogen) atoms. The lowest BCUT2D eigenvalue weighted by Gasteiger charge is -2.20. The van der Waals surface area contributed by atoms with Crippen LogP contribution >= 0.6 is 0 Å². The molecule has 0 radical (unpaired) electrons. The predicted molar refractivity (Wildman–Crippen MR) is 82.7 cm³/mol. The second-order valence-corrected chi connectivity index (χ2v) is 5.77. The Morgan fingerprint density at radius 1 is 1.33 bits per heavy atom. The van der Waals surface area contributed by atoms with Gasteiger partial charge in [0.25, 0.3) is 0 Å². The highest BCUT2D eigenvalue weighted by Crippen LogP contribution is 2.13. The molecular formula is C17H23NO3. The monoisotopic (exact) mass is 289 g/mol. The van der Waals surface area contributed by atoms with Gasteiger partial charge in [-0.15, -0.1) is 0 Å². The summed E-state index contributed by atoms with van der Waals surface area (Å²) in [5.74, 6) is 5.29. The zero-order chi connectivity index (χ0) is 15.9. The maximum atomic E-state index is 11.8. The van der Waals surface area contributed by atoms with E-state index in [-0.39, 0.29) is 30.8 Å². The minimum Gasteiger partial charge on any atom is -0.384 e. The summed E-state index contributed by atoms with van der Waals surface area (Å²) < 4.78 is 5.44. The third kappa shape index (κ3) is 6.94. The van der Waals surface area contributed by atoms with Crippen molar-refractivity contribution >= 4 is 5.91 Å². The summed E-state index contributed by atoms with van der Waals surface area (Å²) in [5.41, 5.74) is 1.50. The Bertz CT molecular complexity index is 518. The van der Waals surface area contributed by atoms with Crippen LogP contribution in [0.25, 0.3) is 0 Å². The normalized spacial score (nSPS) is 12.2. The zero-order valence-corrected chi connectivity index (χ0v) is 13.1. The molecule has 0 saturated heterocycles. The van der Waals surface area contributed by atoms with Crippen LogP contribution in [-0.4, -0.2) is 29.8 Å². The fourth-order valence-corrected chi connectivity index (χ4v) is 1.65. The van der Waals surface area contributed by atoms with Gasteiger partial charge < -0.3 is 15.2 Å². The van der Waals surface area contributed by atoms with Gasteiger partial charge in [-0.3, -0.25) is 4.79 Å². The first-order valence-corrected chi connectivity index (χ1v) is 6.95. The number of aliphatic hydroxyl groups is 1. The van der Waals surface area contributed by atoms with Crippen molar-refractivity contribution in [3.05, 3.63) is 35.4 Å². The molecule has 1 aromatic carbocycles. The van der Waals surface area contributed by atoms with Crippen LogP contribution < -0.4 is 5.32 Å². The van der Waals surface area contributed by atoms with Gasteiger partial charge in [-0.2, -0.15) is 0 Å². The number of benzene rings is 1. The number of carbonyl (C=O) groups is 1. The van der Waals surface area contributed by atoms with Crippen molar-refractivity contribution in [1.82, 2.24) is 5.32 Å². The Labute approximate surface area is 126 Å². The van der Waals surface area contributed by atoms with E-state index in [1.165, 1.54) is 0 Å². The zero-order valence-electron chi connectivity index (χ0n) is 13.1. The number of amides is 1. The summed E-state index contributed by atoms with van der Waals surface area (Å²) in [4.78, 5) is 11.8. The van der Waals surface area contributed by atoms with Crippen LogP contribution in [0.15, 0.2) is 24.3 Å². The molecule has 0 bridgehead atoms. The summed E-state index contributed by atoms with van der Waals surface area (Å²) in [6.07, 6.45) is 0. The van der Waals surface area contributed by atoms with Crippen molar-refractivity contribution in [1.29, 1.82) is 0 Å².